The van der Waals surface area contributed by atoms with Crippen molar-refractivity contribution in [2.24, 2.45) is 0 Å². The lowest BCUT2D eigenvalue weighted by atomic mass is 10.1. The van der Waals surface area contributed by atoms with Crippen molar-refractivity contribution in [2.75, 3.05) is 13.2 Å². The summed E-state index contributed by atoms with van der Waals surface area (Å²) in [6.45, 7) is 2.85. The molecule has 2 aromatic rings. The summed E-state index contributed by atoms with van der Waals surface area (Å²) in [7, 11) is -3.64. The summed E-state index contributed by atoms with van der Waals surface area (Å²) >= 11 is 0. The molecular formula is C17H19NO4S. The van der Waals surface area contributed by atoms with Gasteiger partial charge in [0.1, 0.15) is 13.2 Å². The number of sulfonamides is 1. The lowest BCUT2D eigenvalue weighted by molar-refractivity contribution is 0.171. The molecule has 122 valence electrons. The summed E-state index contributed by atoms with van der Waals surface area (Å²) in [6.07, 6.45) is 0.661. The third-order valence-electron chi connectivity index (χ3n) is 3.73. The highest BCUT2D eigenvalue weighted by Gasteiger charge is 2.22. The predicted molar refractivity (Wildman–Crippen MR) is 87.2 cm³/mol. The van der Waals surface area contributed by atoms with Crippen LogP contribution in [0.5, 0.6) is 11.5 Å². The zero-order valence-electron chi connectivity index (χ0n) is 12.9. The Morgan fingerprint density at radius 3 is 2.43 bits per heavy atom. The molecule has 1 unspecified atom stereocenters. The third-order valence-corrected chi connectivity index (χ3v) is 5.20. The van der Waals surface area contributed by atoms with E-state index in [0.717, 1.165) is 5.56 Å². The number of hydrogen-bond acceptors (Lipinski definition) is 4. The van der Waals surface area contributed by atoms with Crippen LogP contribution in [0.3, 0.4) is 0 Å². The monoisotopic (exact) mass is 333 g/mol. The summed E-state index contributed by atoms with van der Waals surface area (Å²) in [5, 5.41) is 0. The molecule has 2 aromatic carbocycles. The van der Waals surface area contributed by atoms with Crippen molar-refractivity contribution in [2.45, 2.75) is 24.3 Å². The first kappa shape index (κ1) is 15.8. The van der Waals surface area contributed by atoms with Crippen LogP contribution in [0.4, 0.5) is 0 Å². The molecule has 0 bridgehead atoms. The van der Waals surface area contributed by atoms with Crippen molar-refractivity contribution < 1.29 is 17.9 Å². The molecule has 23 heavy (non-hydrogen) atoms. The molecule has 1 aliphatic rings. The van der Waals surface area contributed by atoms with Crippen LogP contribution >= 0.6 is 0 Å². The van der Waals surface area contributed by atoms with Gasteiger partial charge in [0.25, 0.3) is 0 Å². The molecule has 1 N–H and O–H groups in total. The first-order chi connectivity index (χ1) is 11.1. The van der Waals surface area contributed by atoms with Crippen molar-refractivity contribution in [3.05, 3.63) is 54.1 Å². The van der Waals surface area contributed by atoms with Gasteiger partial charge in [0.15, 0.2) is 11.5 Å². The van der Waals surface area contributed by atoms with Crippen LogP contribution in [-0.2, 0) is 10.0 Å². The lowest BCUT2D eigenvalue weighted by Gasteiger charge is -2.20. The van der Waals surface area contributed by atoms with Crippen LogP contribution in [0.1, 0.15) is 24.9 Å². The minimum Gasteiger partial charge on any atom is -0.486 e. The number of rotatable bonds is 5. The number of ether oxygens (including phenoxy) is 2. The normalized spacial score (nSPS) is 15.2. The maximum absolute atomic E-state index is 12.7. The fourth-order valence-corrected chi connectivity index (χ4v) is 3.84. The van der Waals surface area contributed by atoms with Gasteiger partial charge in [-0.15, -0.1) is 0 Å². The van der Waals surface area contributed by atoms with Crippen molar-refractivity contribution in [3.8, 4) is 11.5 Å². The minimum atomic E-state index is -3.64. The quantitative estimate of drug-likeness (QED) is 0.914. The van der Waals surface area contributed by atoms with E-state index in [9.17, 15) is 8.42 Å². The number of nitrogens with one attached hydrogen (secondary N) is 1. The Balaban J connectivity index is 1.86. The van der Waals surface area contributed by atoms with Gasteiger partial charge < -0.3 is 9.47 Å². The fraction of sp³-hybridized carbons (Fsp3) is 0.294. The molecule has 0 amide bonds. The van der Waals surface area contributed by atoms with Gasteiger partial charge >= 0.3 is 0 Å². The maximum atomic E-state index is 12.7. The minimum absolute atomic E-state index is 0.177. The molecule has 5 nitrogen and oxygen atoms in total. The van der Waals surface area contributed by atoms with Gasteiger partial charge in [-0.25, -0.2) is 13.1 Å². The van der Waals surface area contributed by atoms with Crippen molar-refractivity contribution >= 4 is 10.0 Å². The number of hydrogen-bond donors (Lipinski definition) is 1. The van der Waals surface area contributed by atoms with Crippen molar-refractivity contribution in [3.63, 3.8) is 0 Å². The van der Waals surface area contributed by atoms with E-state index in [4.69, 9.17) is 9.47 Å². The summed E-state index contributed by atoms with van der Waals surface area (Å²) < 4.78 is 38.9. The molecule has 0 radical (unpaired) electrons. The van der Waals surface area contributed by atoms with E-state index in [1.54, 1.807) is 6.07 Å². The van der Waals surface area contributed by atoms with E-state index in [2.05, 4.69) is 4.72 Å². The Morgan fingerprint density at radius 2 is 1.74 bits per heavy atom. The van der Waals surface area contributed by atoms with Gasteiger partial charge in [-0.3, -0.25) is 0 Å². The van der Waals surface area contributed by atoms with Crippen LogP contribution in [-0.4, -0.2) is 21.6 Å². The summed E-state index contributed by atoms with van der Waals surface area (Å²) in [4.78, 5) is 0.177. The van der Waals surface area contributed by atoms with Crippen molar-refractivity contribution in [1.29, 1.82) is 0 Å². The Bertz CT molecular complexity index is 774. The molecule has 0 aromatic heterocycles. The average Bonchev–Trinajstić information content (AvgIpc) is 2.60. The molecule has 0 saturated heterocycles. The molecule has 0 spiro atoms. The SMILES string of the molecule is CCC(NS(=O)(=O)c1ccc2c(c1)OCCO2)c1ccccc1. The van der Waals surface area contributed by atoms with E-state index < -0.39 is 10.0 Å². The molecule has 0 saturated carbocycles. The Kier molecular flexibility index (Phi) is 4.54. The average molecular weight is 333 g/mol. The molecule has 1 aliphatic heterocycles. The van der Waals surface area contributed by atoms with Gasteiger partial charge in [-0.05, 0) is 24.1 Å². The van der Waals surface area contributed by atoms with Gasteiger partial charge in [0.2, 0.25) is 10.0 Å². The number of fused-ring (bicyclic) bond motifs is 1. The van der Waals surface area contributed by atoms with Crippen LogP contribution in [0, 0.1) is 0 Å². The van der Waals surface area contributed by atoms with E-state index in [1.807, 2.05) is 37.3 Å². The Hall–Kier alpha value is -2.05. The predicted octanol–water partition coefficient (Wildman–Crippen LogP) is 2.89. The first-order valence-electron chi connectivity index (χ1n) is 7.57. The van der Waals surface area contributed by atoms with E-state index in [1.165, 1.54) is 12.1 Å². The summed E-state index contributed by atoms with van der Waals surface area (Å²) in [5.74, 6) is 1.04. The maximum Gasteiger partial charge on any atom is 0.241 e. The highest BCUT2D eigenvalue weighted by atomic mass is 32.2. The second-order valence-electron chi connectivity index (χ2n) is 5.30. The van der Waals surface area contributed by atoms with Gasteiger partial charge in [0.05, 0.1) is 4.90 Å². The second kappa shape index (κ2) is 6.60. The highest BCUT2D eigenvalue weighted by Crippen LogP contribution is 2.32. The molecule has 1 atom stereocenters. The van der Waals surface area contributed by atoms with E-state index >= 15 is 0 Å². The Morgan fingerprint density at radius 1 is 1.04 bits per heavy atom. The number of benzene rings is 2. The first-order valence-corrected chi connectivity index (χ1v) is 9.05. The summed E-state index contributed by atoms with van der Waals surface area (Å²) in [5.41, 5.74) is 0.941. The van der Waals surface area contributed by atoms with Crippen LogP contribution in [0.2, 0.25) is 0 Å². The highest BCUT2D eigenvalue weighted by molar-refractivity contribution is 7.89. The smallest absolute Gasteiger partial charge is 0.241 e. The van der Waals surface area contributed by atoms with E-state index in [-0.39, 0.29) is 10.9 Å². The summed E-state index contributed by atoms with van der Waals surface area (Å²) in [6, 6.07) is 13.9. The molecule has 3 rings (SSSR count). The van der Waals surface area contributed by atoms with E-state index in [0.29, 0.717) is 31.1 Å². The standard InChI is InChI=1S/C17H19NO4S/c1-2-15(13-6-4-3-5-7-13)18-23(19,20)14-8-9-16-17(12-14)22-11-10-21-16/h3-9,12,15,18H,2,10-11H2,1H3. The van der Waals surface area contributed by atoms with Gasteiger partial charge in [-0.2, -0.15) is 0 Å². The topological polar surface area (TPSA) is 64.6 Å². The van der Waals surface area contributed by atoms with Crippen LogP contribution < -0.4 is 14.2 Å². The van der Waals surface area contributed by atoms with Gasteiger partial charge in [0, 0.05) is 12.1 Å². The largest absolute Gasteiger partial charge is 0.486 e. The van der Waals surface area contributed by atoms with Crippen LogP contribution in [0.25, 0.3) is 0 Å². The molecule has 0 fully saturated rings. The molecule has 1 heterocycles. The molecule has 0 aliphatic carbocycles. The Labute approximate surface area is 136 Å². The molecule has 6 heteroatoms. The zero-order chi connectivity index (χ0) is 16.3. The second-order valence-corrected chi connectivity index (χ2v) is 7.01. The zero-order valence-corrected chi connectivity index (χ0v) is 13.7. The fourth-order valence-electron chi connectivity index (χ4n) is 2.52. The lowest BCUT2D eigenvalue weighted by Crippen LogP contribution is -2.28. The van der Waals surface area contributed by atoms with Crippen molar-refractivity contribution in [1.82, 2.24) is 4.72 Å². The molecular weight excluding hydrogens is 314 g/mol. The third kappa shape index (κ3) is 3.48. The van der Waals surface area contributed by atoms with Crippen LogP contribution in [0.15, 0.2) is 53.4 Å². The van der Waals surface area contributed by atoms with Gasteiger partial charge in [-0.1, -0.05) is 37.3 Å².